The zero-order valence-electron chi connectivity index (χ0n) is 15.3. The van der Waals surface area contributed by atoms with Crippen LogP contribution in [0.2, 0.25) is 0 Å². The summed E-state index contributed by atoms with van der Waals surface area (Å²) in [5.74, 6) is 0.134. The number of hydrogen-bond acceptors (Lipinski definition) is 4. The summed E-state index contributed by atoms with van der Waals surface area (Å²) in [4.78, 5) is 16.7. The molecule has 2 heterocycles. The predicted molar refractivity (Wildman–Crippen MR) is 113 cm³/mol. The Balaban J connectivity index is 0.00000225. The van der Waals surface area contributed by atoms with E-state index >= 15 is 0 Å². The smallest absolute Gasteiger partial charge is 0.224 e. The molecule has 0 fully saturated rings. The molecule has 1 aliphatic rings. The van der Waals surface area contributed by atoms with Gasteiger partial charge in [0.2, 0.25) is 5.91 Å². The molecule has 1 aromatic heterocycles. The summed E-state index contributed by atoms with van der Waals surface area (Å²) >= 11 is 0. The van der Waals surface area contributed by atoms with Crippen molar-refractivity contribution >= 4 is 24.0 Å². The molecule has 28 heavy (non-hydrogen) atoms. The van der Waals surface area contributed by atoms with Gasteiger partial charge >= 0.3 is 0 Å². The van der Waals surface area contributed by atoms with E-state index in [1.165, 1.54) is 0 Å². The van der Waals surface area contributed by atoms with Gasteiger partial charge in [-0.1, -0.05) is 42.5 Å². The molecule has 0 spiro atoms. The fourth-order valence-electron chi connectivity index (χ4n) is 3.52. The van der Waals surface area contributed by atoms with Gasteiger partial charge in [-0.15, -0.1) is 12.4 Å². The molecule has 0 bridgehead atoms. The van der Waals surface area contributed by atoms with Gasteiger partial charge in [-0.25, -0.2) is 0 Å². The van der Waals surface area contributed by atoms with Crippen molar-refractivity contribution in [3.05, 3.63) is 77.5 Å². The number of phenolic OH excluding ortho intramolecular Hbond substituents is 1. The number of nitrogens with two attached hydrogens (primary N) is 1. The molecule has 3 aromatic rings. The lowest BCUT2D eigenvalue weighted by molar-refractivity contribution is -0.116. The number of nitrogens with zero attached hydrogens (tertiary/aromatic N) is 1. The summed E-state index contributed by atoms with van der Waals surface area (Å²) in [7, 11) is 0. The van der Waals surface area contributed by atoms with Gasteiger partial charge in [0, 0.05) is 17.7 Å². The third-order valence-corrected chi connectivity index (χ3v) is 4.86. The van der Waals surface area contributed by atoms with Crippen molar-refractivity contribution in [3.63, 3.8) is 0 Å². The molecule has 6 heteroatoms. The number of pyridine rings is 1. The number of aromatic nitrogens is 1. The van der Waals surface area contributed by atoms with Crippen molar-refractivity contribution in [1.29, 1.82) is 0 Å². The topological polar surface area (TPSA) is 88.2 Å². The van der Waals surface area contributed by atoms with Crippen LogP contribution >= 0.6 is 12.4 Å². The summed E-state index contributed by atoms with van der Waals surface area (Å²) in [5.41, 5.74) is 11.4. The van der Waals surface area contributed by atoms with Crippen molar-refractivity contribution in [3.8, 4) is 17.0 Å². The molecule has 0 aliphatic carbocycles. The van der Waals surface area contributed by atoms with Gasteiger partial charge in [0.05, 0.1) is 17.4 Å². The minimum absolute atomic E-state index is 0. The third-order valence-electron chi connectivity index (χ3n) is 4.86. The van der Waals surface area contributed by atoms with Gasteiger partial charge in [0.1, 0.15) is 5.75 Å². The second-order valence-corrected chi connectivity index (χ2v) is 6.78. The lowest BCUT2D eigenvalue weighted by atomic mass is 9.93. The quantitative estimate of drug-likeness (QED) is 0.622. The SMILES string of the molecule is Cl.NC(Cc1ccccc1)c1nc(-c2ccccc2O)cc2c1CCC(=O)N2. The summed E-state index contributed by atoms with van der Waals surface area (Å²) in [6, 6.07) is 18.6. The second-order valence-electron chi connectivity index (χ2n) is 6.78. The molecule has 4 rings (SSSR count). The van der Waals surface area contributed by atoms with Crippen LogP contribution < -0.4 is 11.1 Å². The van der Waals surface area contributed by atoms with Crippen LogP contribution in [0.15, 0.2) is 60.7 Å². The minimum Gasteiger partial charge on any atom is -0.507 e. The Morgan fingerprint density at radius 3 is 2.54 bits per heavy atom. The van der Waals surface area contributed by atoms with Crippen molar-refractivity contribution in [2.24, 2.45) is 5.73 Å². The maximum absolute atomic E-state index is 11.9. The summed E-state index contributed by atoms with van der Waals surface area (Å²) in [6.45, 7) is 0. The first-order chi connectivity index (χ1) is 13.1. The molecule has 0 saturated heterocycles. The summed E-state index contributed by atoms with van der Waals surface area (Å²) < 4.78 is 0. The minimum atomic E-state index is -0.304. The van der Waals surface area contributed by atoms with Crippen LogP contribution in [0.5, 0.6) is 5.75 Å². The van der Waals surface area contributed by atoms with E-state index < -0.39 is 0 Å². The summed E-state index contributed by atoms with van der Waals surface area (Å²) in [5, 5.41) is 13.2. The van der Waals surface area contributed by atoms with Gasteiger partial charge in [-0.2, -0.15) is 0 Å². The zero-order valence-corrected chi connectivity index (χ0v) is 16.1. The maximum Gasteiger partial charge on any atom is 0.224 e. The van der Waals surface area contributed by atoms with E-state index in [4.69, 9.17) is 10.7 Å². The fourth-order valence-corrected chi connectivity index (χ4v) is 3.52. The number of hydrogen-bond donors (Lipinski definition) is 3. The molecule has 0 saturated carbocycles. The van der Waals surface area contributed by atoms with E-state index in [-0.39, 0.29) is 30.1 Å². The highest BCUT2D eigenvalue weighted by atomic mass is 35.5. The van der Waals surface area contributed by atoms with E-state index in [2.05, 4.69) is 5.32 Å². The van der Waals surface area contributed by atoms with E-state index in [1.54, 1.807) is 18.2 Å². The van der Waals surface area contributed by atoms with Crippen LogP contribution in [0.3, 0.4) is 0 Å². The summed E-state index contributed by atoms with van der Waals surface area (Å²) in [6.07, 6.45) is 1.70. The van der Waals surface area contributed by atoms with Crippen LogP contribution in [0.4, 0.5) is 5.69 Å². The molecular weight excluding hydrogens is 374 g/mol. The normalized spacial score (nSPS) is 13.8. The Bertz CT molecular complexity index is 992. The van der Waals surface area contributed by atoms with Crippen molar-refractivity contribution < 1.29 is 9.90 Å². The van der Waals surface area contributed by atoms with Crippen LogP contribution in [-0.4, -0.2) is 16.0 Å². The largest absolute Gasteiger partial charge is 0.507 e. The molecule has 1 atom stereocenters. The number of halogens is 1. The van der Waals surface area contributed by atoms with Crippen molar-refractivity contribution in [2.75, 3.05) is 5.32 Å². The number of anilines is 1. The highest BCUT2D eigenvalue weighted by Gasteiger charge is 2.24. The number of carbonyl (C=O) groups is 1. The third kappa shape index (κ3) is 4.01. The molecule has 144 valence electrons. The predicted octanol–water partition coefficient (Wildman–Crippen LogP) is 4.00. The van der Waals surface area contributed by atoms with Crippen LogP contribution in [-0.2, 0) is 17.6 Å². The van der Waals surface area contributed by atoms with E-state index in [9.17, 15) is 9.90 Å². The number of aromatic hydroxyl groups is 1. The number of para-hydroxylation sites is 1. The monoisotopic (exact) mass is 395 g/mol. The molecule has 2 aromatic carbocycles. The van der Waals surface area contributed by atoms with Crippen molar-refractivity contribution in [1.82, 2.24) is 4.98 Å². The molecule has 1 amide bonds. The zero-order chi connectivity index (χ0) is 18.8. The van der Waals surface area contributed by atoms with Gasteiger partial charge in [0.25, 0.3) is 0 Å². The van der Waals surface area contributed by atoms with Gasteiger partial charge in [-0.05, 0) is 42.2 Å². The Hall–Kier alpha value is -2.89. The Morgan fingerprint density at radius 1 is 1.07 bits per heavy atom. The highest BCUT2D eigenvalue weighted by molar-refractivity contribution is 5.95. The maximum atomic E-state index is 11.9. The standard InChI is InChI=1S/C22H21N3O2.ClH/c23-17(12-14-6-2-1-3-7-14)22-16-10-11-21(27)24-19(16)13-18(25-22)15-8-4-5-9-20(15)26;/h1-9,13,17,26H,10-12,23H2,(H,24,27);1H. The molecule has 5 nitrogen and oxygen atoms in total. The first-order valence-electron chi connectivity index (χ1n) is 9.03. The van der Waals surface area contributed by atoms with Crippen LogP contribution in [0, 0.1) is 0 Å². The Kier molecular flexibility index (Phi) is 5.97. The van der Waals surface area contributed by atoms with Gasteiger partial charge < -0.3 is 16.2 Å². The fraction of sp³-hybridized carbons (Fsp3) is 0.182. The number of benzene rings is 2. The second kappa shape index (κ2) is 8.42. The number of fused-ring (bicyclic) bond motifs is 1. The van der Waals surface area contributed by atoms with Crippen LogP contribution in [0.25, 0.3) is 11.3 Å². The van der Waals surface area contributed by atoms with E-state index in [0.29, 0.717) is 30.5 Å². The highest BCUT2D eigenvalue weighted by Crippen LogP contribution is 2.35. The first kappa shape index (κ1) is 19.9. The molecule has 1 unspecified atom stereocenters. The number of nitrogens with one attached hydrogen (secondary N) is 1. The van der Waals surface area contributed by atoms with Crippen LogP contribution in [0.1, 0.15) is 29.3 Å². The molecule has 1 aliphatic heterocycles. The Labute approximate surface area is 170 Å². The average molecular weight is 396 g/mol. The molecule has 4 N–H and O–H groups in total. The van der Waals surface area contributed by atoms with Gasteiger partial charge in [-0.3, -0.25) is 9.78 Å². The number of phenols is 1. The van der Waals surface area contributed by atoms with Gasteiger partial charge in [0.15, 0.2) is 0 Å². The van der Waals surface area contributed by atoms with E-state index in [1.807, 2.05) is 42.5 Å². The molecular formula is C22H22ClN3O2. The molecule has 0 radical (unpaired) electrons. The lowest BCUT2D eigenvalue weighted by Gasteiger charge is -2.24. The van der Waals surface area contributed by atoms with E-state index in [0.717, 1.165) is 22.5 Å². The van der Waals surface area contributed by atoms with Crippen molar-refractivity contribution in [2.45, 2.75) is 25.3 Å². The number of amides is 1. The Morgan fingerprint density at radius 2 is 1.79 bits per heavy atom. The lowest BCUT2D eigenvalue weighted by Crippen LogP contribution is -2.24. The number of rotatable bonds is 4. The number of carbonyl (C=O) groups excluding carboxylic acids is 1. The first-order valence-corrected chi connectivity index (χ1v) is 9.03. The average Bonchev–Trinajstić information content (AvgIpc) is 2.68.